The first-order valence-electron chi connectivity index (χ1n) is 7.07. The van der Waals surface area contributed by atoms with E-state index in [9.17, 15) is 0 Å². The lowest BCUT2D eigenvalue weighted by Gasteiger charge is -2.16. The van der Waals surface area contributed by atoms with E-state index in [4.69, 9.17) is 9.84 Å². The first kappa shape index (κ1) is 16.0. The predicted octanol–water partition coefficient (Wildman–Crippen LogP) is 2.53. The fourth-order valence-corrected chi connectivity index (χ4v) is 2.43. The van der Waals surface area contributed by atoms with Gasteiger partial charge in [0.1, 0.15) is 5.75 Å². The summed E-state index contributed by atoms with van der Waals surface area (Å²) in [7, 11) is 1.73. The van der Waals surface area contributed by atoms with Crippen LogP contribution < -0.4 is 10.1 Å². The van der Waals surface area contributed by atoms with Crippen LogP contribution in [0.1, 0.15) is 35.1 Å². The highest BCUT2D eigenvalue weighted by Crippen LogP contribution is 2.28. The molecule has 3 nitrogen and oxygen atoms in total. The van der Waals surface area contributed by atoms with Crippen molar-refractivity contribution in [3.63, 3.8) is 0 Å². The molecule has 1 aromatic carbocycles. The molecule has 0 spiro atoms. The van der Waals surface area contributed by atoms with Gasteiger partial charge in [0.05, 0.1) is 7.11 Å². The molecule has 0 amide bonds. The highest BCUT2D eigenvalue weighted by atomic mass is 16.5. The van der Waals surface area contributed by atoms with Crippen LogP contribution in [0.4, 0.5) is 0 Å². The van der Waals surface area contributed by atoms with Crippen molar-refractivity contribution in [2.75, 3.05) is 26.8 Å². The first-order chi connectivity index (χ1) is 9.11. The van der Waals surface area contributed by atoms with E-state index in [1.54, 1.807) is 7.11 Å². The lowest BCUT2D eigenvalue weighted by Crippen LogP contribution is -2.19. The Morgan fingerprint density at radius 3 is 2.47 bits per heavy atom. The monoisotopic (exact) mass is 265 g/mol. The van der Waals surface area contributed by atoms with E-state index in [2.05, 4.69) is 32.2 Å². The zero-order valence-electron chi connectivity index (χ0n) is 12.7. The number of aliphatic hydroxyl groups excluding tert-OH is 1. The summed E-state index contributed by atoms with van der Waals surface area (Å²) in [5, 5.41) is 12.1. The van der Waals surface area contributed by atoms with Gasteiger partial charge in [-0.15, -0.1) is 0 Å². The normalized spacial score (nSPS) is 10.8. The van der Waals surface area contributed by atoms with Crippen molar-refractivity contribution >= 4 is 0 Å². The zero-order valence-corrected chi connectivity index (χ0v) is 12.7. The van der Waals surface area contributed by atoms with Crippen molar-refractivity contribution in [1.82, 2.24) is 5.32 Å². The van der Waals surface area contributed by atoms with Gasteiger partial charge in [0, 0.05) is 6.61 Å². The second-order valence-electron chi connectivity index (χ2n) is 5.07. The lowest BCUT2D eigenvalue weighted by molar-refractivity contribution is 0.284. The lowest BCUT2D eigenvalue weighted by atomic mass is 9.96. The second-order valence-corrected chi connectivity index (χ2v) is 5.07. The number of nitrogens with one attached hydrogen (secondary N) is 1. The summed E-state index contributed by atoms with van der Waals surface area (Å²) in [6.45, 7) is 8.64. The fraction of sp³-hybridized carbons (Fsp3) is 0.625. The van der Waals surface area contributed by atoms with E-state index in [0.29, 0.717) is 0 Å². The number of methoxy groups -OCH3 is 1. The molecule has 0 unspecified atom stereocenters. The summed E-state index contributed by atoms with van der Waals surface area (Å²) in [5.74, 6) is 1.01. The van der Waals surface area contributed by atoms with Crippen molar-refractivity contribution in [3.05, 3.63) is 28.3 Å². The van der Waals surface area contributed by atoms with E-state index in [1.165, 1.54) is 22.3 Å². The Bertz CT molecular complexity index is 402. The topological polar surface area (TPSA) is 41.5 Å². The molecule has 2 N–H and O–H groups in total. The molecule has 0 aliphatic heterocycles. The molecule has 108 valence electrons. The maximum atomic E-state index is 8.71. The summed E-state index contributed by atoms with van der Waals surface area (Å²) in [4.78, 5) is 0. The van der Waals surface area contributed by atoms with Gasteiger partial charge < -0.3 is 15.2 Å². The van der Waals surface area contributed by atoms with Gasteiger partial charge in [-0.2, -0.15) is 0 Å². The summed E-state index contributed by atoms with van der Waals surface area (Å²) < 4.78 is 5.44. The Morgan fingerprint density at radius 1 is 1.11 bits per heavy atom. The molecule has 0 saturated carbocycles. The molecule has 1 aromatic rings. The number of hydrogen-bond acceptors (Lipinski definition) is 3. The van der Waals surface area contributed by atoms with Gasteiger partial charge in [-0.05, 0) is 75.4 Å². The molecule has 0 atom stereocenters. The van der Waals surface area contributed by atoms with Gasteiger partial charge >= 0.3 is 0 Å². The molecule has 0 aromatic heterocycles. The standard InChI is InChI=1S/C16H27NO2/c1-12-11-15(7-9-17-8-5-6-10-18)13(2)14(3)16(12)19-4/h11,17-18H,5-10H2,1-4H3. The number of hydrogen-bond donors (Lipinski definition) is 2. The van der Waals surface area contributed by atoms with Crippen molar-refractivity contribution in [2.24, 2.45) is 0 Å². The van der Waals surface area contributed by atoms with E-state index < -0.39 is 0 Å². The first-order valence-corrected chi connectivity index (χ1v) is 7.07. The molecular weight excluding hydrogens is 238 g/mol. The van der Waals surface area contributed by atoms with Crippen LogP contribution in [-0.2, 0) is 6.42 Å². The Morgan fingerprint density at radius 2 is 1.84 bits per heavy atom. The van der Waals surface area contributed by atoms with Gasteiger partial charge in [0.15, 0.2) is 0 Å². The van der Waals surface area contributed by atoms with Gasteiger partial charge in [-0.25, -0.2) is 0 Å². The summed E-state index contributed by atoms with van der Waals surface area (Å²) in [6.07, 6.45) is 2.96. The quantitative estimate of drug-likeness (QED) is 0.710. The van der Waals surface area contributed by atoms with E-state index in [1.807, 2.05) is 0 Å². The van der Waals surface area contributed by atoms with Crippen LogP contribution in [0.3, 0.4) is 0 Å². The average Bonchev–Trinajstić information content (AvgIpc) is 2.39. The predicted molar refractivity (Wildman–Crippen MR) is 80.1 cm³/mol. The smallest absolute Gasteiger partial charge is 0.124 e. The van der Waals surface area contributed by atoms with Gasteiger partial charge in [-0.1, -0.05) is 6.07 Å². The minimum absolute atomic E-state index is 0.289. The van der Waals surface area contributed by atoms with Gasteiger partial charge in [-0.3, -0.25) is 0 Å². The Balaban J connectivity index is 2.55. The molecule has 0 saturated heterocycles. The van der Waals surface area contributed by atoms with Crippen LogP contribution in [0.25, 0.3) is 0 Å². The highest BCUT2D eigenvalue weighted by Gasteiger charge is 2.10. The van der Waals surface area contributed by atoms with Crippen molar-refractivity contribution in [3.8, 4) is 5.75 Å². The molecule has 0 aliphatic carbocycles. The van der Waals surface area contributed by atoms with Crippen LogP contribution in [0.2, 0.25) is 0 Å². The highest BCUT2D eigenvalue weighted by molar-refractivity contribution is 5.49. The number of aryl methyl sites for hydroxylation is 1. The van der Waals surface area contributed by atoms with Crippen molar-refractivity contribution < 1.29 is 9.84 Å². The van der Waals surface area contributed by atoms with Crippen LogP contribution in [0.5, 0.6) is 5.75 Å². The Labute approximate surface area is 117 Å². The minimum atomic E-state index is 0.289. The maximum Gasteiger partial charge on any atom is 0.124 e. The molecule has 0 aliphatic rings. The van der Waals surface area contributed by atoms with E-state index in [0.717, 1.165) is 38.1 Å². The Hall–Kier alpha value is -1.06. The molecule has 0 heterocycles. The molecule has 1 rings (SSSR count). The van der Waals surface area contributed by atoms with Crippen LogP contribution in [0.15, 0.2) is 6.07 Å². The van der Waals surface area contributed by atoms with E-state index in [-0.39, 0.29) is 6.61 Å². The zero-order chi connectivity index (χ0) is 14.3. The number of ether oxygens (including phenoxy) is 1. The van der Waals surface area contributed by atoms with Gasteiger partial charge in [0.25, 0.3) is 0 Å². The van der Waals surface area contributed by atoms with Crippen molar-refractivity contribution in [1.29, 1.82) is 0 Å². The maximum absolute atomic E-state index is 8.71. The number of benzene rings is 1. The van der Waals surface area contributed by atoms with Gasteiger partial charge in [0.2, 0.25) is 0 Å². The molecule has 3 heteroatoms. The van der Waals surface area contributed by atoms with Crippen LogP contribution in [0, 0.1) is 20.8 Å². The third-order valence-electron chi connectivity index (χ3n) is 3.67. The molecule has 0 radical (unpaired) electrons. The summed E-state index contributed by atoms with van der Waals surface area (Å²) >= 11 is 0. The molecule has 19 heavy (non-hydrogen) atoms. The van der Waals surface area contributed by atoms with Crippen LogP contribution >= 0.6 is 0 Å². The summed E-state index contributed by atoms with van der Waals surface area (Å²) in [5.41, 5.74) is 5.18. The van der Waals surface area contributed by atoms with E-state index >= 15 is 0 Å². The third-order valence-corrected chi connectivity index (χ3v) is 3.67. The Kier molecular flexibility index (Phi) is 6.89. The van der Waals surface area contributed by atoms with Crippen LogP contribution in [-0.4, -0.2) is 31.9 Å². The number of aliphatic hydroxyl groups is 1. The minimum Gasteiger partial charge on any atom is -0.496 e. The average molecular weight is 265 g/mol. The molecule has 0 fully saturated rings. The largest absolute Gasteiger partial charge is 0.496 e. The molecule has 0 bridgehead atoms. The second kappa shape index (κ2) is 8.18. The third kappa shape index (κ3) is 4.51. The number of rotatable bonds is 8. The summed E-state index contributed by atoms with van der Waals surface area (Å²) in [6, 6.07) is 2.23. The molecular formula is C16H27NO2. The SMILES string of the molecule is COc1c(C)cc(CCNCCCCO)c(C)c1C. The number of unbranched alkanes of at least 4 members (excludes halogenated alkanes) is 1. The van der Waals surface area contributed by atoms with Crippen molar-refractivity contribution in [2.45, 2.75) is 40.0 Å². The fourth-order valence-electron chi connectivity index (χ4n) is 2.43.